The van der Waals surface area contributed by atoms with Gasteiger partial charge in [-0.25, -0.2) is 0 Å². The van der Waals surface area contributed by atoms with Crippen molar-refractivity contribution in [3.05, 3.63) is 47.8 Å². The van der Waals surface area contributed by atoms with Crippen molar-refractivity contribution >= 4 is 5.82 Å². The third-order valence-corrected chi connectivity index (χ3v) is 5.08. The standard InChI is InChI=1S/C18H22N4O2/c1-24-17-12-19-11-16(20-17)22-8-6-21(7-9-22)15-10-13-4-2-3-5-14(13)18(15)23/h2-5,11-12,15,18,23H,6-10H2,1H3/t15-,18+/m0/s1. The molecular weight excluding hydrogens is 304 g/mol. The minimum Gasteiger partial charge on any atom is -0.480 e. The minimum atomic E-state index is -0.385. The Kier molecular flexibility index (Phi) is 4.08. The van der Waals surface area contributed by atoms with Crippen molar-refractivity contribution in [1.29, 1.82) is 0 Å². The molecule has 24 heavy (non-hydrogen) atoms. The fourth-order valence-corrected chi connectivity index (χ4v) is 3.75. The number of hydrogen-bond donors (Lipinski definition) is 1. The highest BCUT2D eigenvalue weighted by molar-refractivity contribution is 5.39. The van der Waals surface area contributed by atoms with E-state index in [2.05, 4.69) is 25.8 Å². The zero-order valence-electron chi connectivity index (χ0n) is 13.8. The topological polar surface area (TPSA) is 61.7 Å². The number of aliphatic hydroxyl groups is 1. The Morgan fingerprint density at radius 3 is 2.67 bits per heavy atom. The molecule has 1 saturated heterocycles. The molecule has 2 atom stereocenters. The third-order valence-electron chi connectivity index (χ3n) is 5.08. The summed E-state index contributed by atoms with van der Waals surface area (Å²) in [4.78, 5) is 13.3. The number of aliphatic hydroxyl groups excluding tert-OH is 1. The van der Waals surface area contributed by atoms with Crippen LogP contribution < -0.4 is 9.64 Å². The molecule has 1 aliphatic carbocycles. The van der Waals surface area contributed by atoms with Crippen molar-refractivity contribution in [3.63, 3.8) is 0 Å². The van der Waals surface area contributed by atoms with Gasteiger partial charge in [-0.15, -0.1) is 0 Å². The largest absolute Gasteiger partial charge is 0.480 e. The number of rotatable bonds is 3. The van der Waals surface area contributed by atoms with Crippen molar-refractivity contribution in [2.45, 2.75) is 18.6 Å². The van der Waals surface area contributed by atoms with E-state index in [1.54, 1.807) is 19.5 Å². The van der Waals surface area contributed by atoms with Gasteiger partial charge >= 0.3 is 0 Å². The molecule has 1 fully saturated rings. The van der Waals surface area contributed by atoms with Gasteiger partial charge in [-0.3, -0.25) is 9.88 Å². The van der Waals surface area contributed by atoms with E-state index in [1.807, 2.05) is 18.2 Å². The number of anilines is 1. The van der Waals surface area contributed by atoms with Gasteiger partial charge in [0, 0.05) is 32.2 Å². The number of ether oxygens (including phenoxy) is 1. The van der Waals surface area contributed by atoms with Gasteiger partial charge in [-0.05, 0) is 17.5 Å². The fourth-order valence-electron chi connectivity index (χ4n) is 3.75. The third kappa shape index (κ3) is 2.72. The van der Waals surface area contributed by atoms with Crippen LogP contribution in [0.25, 0.3) is 0 Å². The van der Waals surface area contributed by atoms with Crippen LogP contribution in [0.5, 0.6) is 5.88 Å². The molecule has 0 amide bonds. The highest BCUT2D eigenvalue weighted by Crippen LogP contribution is 2.34. The van der Waals surface area contributed by atoms with Gasteiger partial charge in [0.25, 0.3) is 0 Å². The lowest BCUT2D eigenvalue weighted by Crippen LogP contribution is -2.51. The van der Waals surface area contributed by atoms with Gasteiger partial charge in [0.2, 0.25) is 5.88 Å². The van der Waals surface area contributed by atoms with Crippen LogP contribution >= 0.6 is 0 Å². The van der Waals surface area contributed by atoms with E-state index in [-0.39, 0.29) is 12.1 Å². The number of piperazine rings is 1. The van der Waals surface area contributed by atoms with Gasteiger partial charge in [0.15, 0.2) is 5.82 Å². The smallest absolute Gasteiger partial charge is 0.233 e. The molecule has 2 aromatic rings. The molecule has 1 N–H and O–H groups in total. The van der Waals surface area contributed by atoms with Crippen molar-refractivity contribution in [3.8, 4) is 5.88 Å². The van der Waals surface area contributed by atoms with Gasteiger partial charge in [0.05, 0.1) is 25.6 Å². The van der Waals surface area contributed by atoms with Crippen LogP contribution in [-0.4, -0.2) is 59.3 Å². The lowest BCUT2D eigenvalue weighted by molar-refractivity contribution is 0.0571. The molecule has 1 aliphatic heterocycles. The maximum atomic E-state index is 10.7. The summed E-state index contributed by atoms with van der Waals surface area (Å²) in [6.07, 6.45) is 3.94. The molecule has 4 rings (SSSR count). The predicted molar refractivity (Wildman–Crippen MR) is 91.3 cm³/mol. The summed E-state index contributed by atoms with van der Waals surface area (Å²) in [6, 6.07) is 8.40. The molecule has 0 unspecified atom stereocenters. The van der Waals surface area contributed by atoms with Crippen LogP contribution in [0.15, 0.2) is 36.7 Å². The van der Waals surface area contributed by atoms with Crippen LogP contribution in [0.4, 0.5) is 5.82 Å². The number of nitrogens with zero attached hydrogens (tertiary/aromatic N) is 4. The summed E-state index contributed by atoms with van der Waals surface area (Å²) in [5, 5.41) is 10.7. The molecule has 0 radical (unpaired) electrons. The second-order valence-corrected chi connectivity index (χ2v) is 6.36. The van der Waals surface area contributed by atoms with E-state index < -0.39 is 0 Å². The normalized spacial score (nSPS) is 24.0. The number of hydrogen-bond acceptors (Lipinski definition) is 6. The van der Waals surface area contributed by atoms with E-state index in [0.717, 1.165) is 44.0 Å². The molecule has 0 spiro atoms. The van der Waals surface area contributed by atoms with Gasteiger partial charge in [0.1, 0.15) is 0 Å². The predicted octanol–water partition coefficient (Wildman–Crippen LogP) is 1.27. The molecule has 0 saturated carbocycles. The van der Waals surface area contributed by atoms with E-state index in [1.165, 1.54) is 5.56 Å². The van der Waals surface area contributed by atoms with Gasteiger partial charge in [-0.1, -0.05) is 24.3 Å². The first-order valence-electron chi connectivity index (χ1n) is 8.37. The number of fused-ring (bicyclic) bond motifs is 1. The van der Waals surface area contributed by atoms with Crippen LogP contribution in [0.2, 0.25) is 0 Å². The molecule has 6 heteroatoms. The van der Waals surface area contributed by atoms with E-state index in [4.69, 9.17) is 4.74 Å². The lowest BCUT2D eigenvalue weighted by atomic mass is 10.1. The van der Waals surface area contributed by atoms with Gasteiger partial charge < -0.3 is 14.7 Å². The van der Waals surface area contributed by atoms with E-state index in [9.17, 15) is 5.11 Å². The van der Waals surface area contributed by atoms with Crippen molar-refractivity contribution in [2.24, 2.45) is 0 Å². The Balaban J connectivity index is 1.42. The number of aromatic nitrogens is 2. The molecule has 6 nitrogen and oxygen atoms in total. The zero-order valence-corrected chi connectivity index (χ0v) is 13.8. The number of benzene rings is 1. The highest BCUT2D eigenvalue weighted by atomic mass is 16.5. The van der Waals surface area contributed by atoms with E-state index >= 15 is 0 Å². The fraction of sp³-hybridized carbons (Fsp3) is 0.444. The SMILES string of the molecule is COc1cncc(N2CCN([C@H]3Cc4ccccc4[C@H]3O)CC2)n1. The quantitative estimate of drug-likeness (QED) is 0.916. The van der Waals surface area contributed by atoms with Crippen LogP contribution in [0, 0.1) is 0 Å². The number of methoxy groups -OCH3 is 1. The Morgan fingerprint density at radius 2 is 1.92 bits per heavy atom. The van der Waals surface area contributed by atoms with Crippen LogP contribution in [0.1, 0.15) is 17.2 Å². The summed E-state index contributed by atoms with van der Waals surface area (Å²) >= 11 is 0. The second-order valence-electron chi connectivity index (χ2n) is 6.36. The Labute approximate surface area is 141 Å². The first-order valence-corrected chi connectivity index (χ1v) is 8.37. The van der Waals surface area contributed by atoms with Gasteiger partial charge in [-0.2, -0.15) is 4.98 Å². The highest BCUT2D eigenvalue weighted by Gasteiger charge is 2.36. The average molecular weight is 326 g/mol. The maximum Gasteiger partial charge on any atom is 0.233 e. The molecule has 1 aromatic carbocycles. The Bertz CT molecular complexity index is 716. The molecule has 2 heterocycles. The van der Waals surface area contributed by atoms with Crippen LogP contribution in [0.3, 0.4) is 0 Å². The first-order chi connectivity index (χ1) is 11.8. The molecular formula is C18H22N4O2. The van der Waals surface area contributed by atoms with E-state index in [0.29, 0.717) is 5.88 Å². The minimum absolute atomic E-state index is 0.181. The Hall–Kier alpha value is -2.18. The van der Waals surface area contributed by atoms with Crippen molar-refractivity contribution < 1.29 is 9.84 Å². The summed E-state index contributed by atoms with van der Waals surface area (Å²) in [5.41, 5.74) is 2.36. The first kappa shape index (κ1) is 15.4. The molecule has 2 aliphatic rings. The summed E-state index contributed by atoms with van der Waals surface area (Å²) in [5.74, 6) is 1.39. The average Bonchev–Trinajstić information content (AvgIpc) is 2.99. The van der Waals surface area contributed by atoms with Crippen molar-refractivity contribution in [1.82, 2.24) is 14.9 Å². The van der Waals surface area contributed by atoms with Crippen LogP contribution in [-0.2, 0) is 6.42 Å². The summed E-state index contributed by atoms with van der Waals surface area (Å²) < 4.78 is 5.15. The molecule has 0 bridgehead atoms. The summed E-state index contributed by atoms with van der Waals surface area (Å²) in [7, 11) is 1.60. The Morgan fingerprint density at radius 1 is 1.12 bits per heavy atom. The monoisotopic (exact) mass is 326 g/mol. The molecule has 1 aromatic heterocycles. The molecule has 126 valence electrons. The lowest BCUT2D eigenvalue weighted by Gasteiger charge is -2.39. The van der Waals surface area contributed by atoms with Crippen molar-refractivity contribution in [2.75, 3.05) is 38.2 Å². The summed E-state index contributed by atoms with van der Waals surface area (Å²) in [6.45, 7) is 3.58. The zero-order chi connectivity index (χ0) is 16.5. The maximum absolute atomic E-state index is 10.7. The second kappa shape index (κ2) is 6.37.